The molecule has 198 valence electrons. The predicted molar refractivity (Wildman–Crippen MR) is 147 cm³/mol. The molecular weight excluding hydrogens is 428 g/mol. The number of ether oxygens (including phenoxy) is 1. The minimum Gasteiger partial charge on any atom is -0.462 e. The number of carbonyl (C=O) groups is 1. The Balaban J connectivity index is 1.63. The van der Waals surface area contributed by atoms with Crippen molar-refractivity contribution in [3.05, 3.63) is 22.8 Å². The van der Waals surface area contributed by atoms with Gasteiger partial charge in [-0.15, -0.1) is 0 Å². The molecule has 0 heterocycles. The maximum atomic E-state index is 11.9. The third-order valence-corrected chi connectivity index (χ3v) is 12.5. The molecule has 0 N–H and O–H groups in total. The molecule has 5 unspecified atom stereocenters. The van der Waals surface area contributed by atoms with Crippen LogP contribution in [-0.2, 0) is 9.53 Å². The van der Waals surface area contributed by atoms with Crippen LogP contribution in [0.1, 0.15) is 127 Å². The fraction of sp³-hybridized carbons (Fsp3) is 0.848. The third-order valence-electron chi connectivity index (χ3n) is 12.5. The van der Waals surface area contributed by atoms with Crippen LogP contribution in [0.4, 0.5) is 0 Å². The summed E-state index contributed by atoms with van der Waals surface area (Å²) in [6.07, 6.45) is 13.9. The van der Waals surface area contributed by atoms with Crippen molar-refractivity contribution >= 4 is 5.97 Å². The van der Waals surface area contributed by atoms with E-state index < -0.39 is 0 Å². The zero-order valence-electron chi connectivity index (χ0n) is 24.6. The quantitative estimate of drug-likeness (QED) is 0.288. The Morgan fingerprint density at radius 2 is 1.63 bits per heavy atom. The largest absolute Gasteiger partial charge is 0.462 e. The summed E-state index contributed by atoms with van der Waals surface area (Å²) in [5.74, 6) is 2.60. The van der Waals surface area contributed by atoms with E-state index in [1.807, 2.05) is 11.1 Å². The first kappa shape index (κ1) is 27.0. The molecule has 0 aromatic rings. The van der Waals surface area contributed by atoms with Crippen LogP contribution < -0.4 is 0 Å². The first-order valence-corrected chi connectivity index (χ1v) is 14.7. The molecule has 0 bridgehead atoms. The van der Waals surface area contributed by atoms with Gasteiger partial charge >= 0.3 is 5.97 Å². The van der Waals surface area contributed by atoms with E-state index in [1.165, 1.54) is 56.9 Å². The van der Waals surface area contributed by atoms with E-state index in [9.17, 15) is 4.79 Å². The summed E-state index contributed by atoms with van der Waals surface area (Å²) < 4.78 is 5.89. The Bertz CT molecular complexity index is 906. The fourth-order valence-corrected chi connectivity index (χ4v) is 9.93. The van der Waals surface area contributed by atoms with Crippen LogP contribution in [0.3, 0.4) is 0 Å². The minimum absolute atomic E-state index is 0.0486. The average molecular weight is 483 g/mol. The molecule has 4 aliphatic carbocycles. The number of rotatable bonds is 5. The normalized spacial score (nSPS) is 41.8. The van der Waals surface area contributed by atoms with Crippen LogP contribution >= 0.6 is 0 Å². The first-order valence-electron chi connectivity index (χ1n) is 14.7. The third kappa shape index (κ3) is 4.08. The number of carbonyl (C=O) groups excluding carboxylic acids is 1. The molecule has 4 aliphatic rings. The lowest BCUT2D eigenvalue weighted by atomic mass is 9.36. The standard InChI is InChI=1S/C33H54O2/c1-21(2)22(3)11-12-23(4)25-15-19-32(9)26(25)13-14-28-31(8)18-17-29(35-24(5)34)30(6,7)27(31)16-20-33(28,32)10/h11,21,23,27-29H,12-20H2,1-10H3/b22-11+/t23?,27-,28?,29?,31?,32+,33?/m0/s1. The highest BCUT2D eigenvalue weighted by molar-refractivity contribution is 5.66. The van der Waals surface area contributed by atoms with Gasteiger partial charge in [0.15, 0.2) is 0 Å². The summed E-state index contributed by atoms with van der Waals surface area (Å²) in [5.41, 5.74) is 6.32. The Kier molecular flexibility index (Phi) is 6.98. The van der Waals surface area contributed by atoms with E-state index in [4.69, 9.17) is 4.74 Å². The van der Waals surface area contributed by atoms with Crippen molar-refractivity contribution in [1.82, 2.24) is 0 Å². The Labute approximate surface area is 216 Å². The molecule has 0 spiro atoms. The van der Waals surface area contributed by atoms with Crippen LogP contribution in [0.5, 0.6) is 0 Å². The number of esters is 1. The van der Waals surface area contributed by atoms with E-state index in [2.05, 4.69) is 68.4 Å². The molecule has 0 aromatic heterocycles. The van der Waals surface area contributed by atoms with Gasteiger partial charge in [0, 0.05) is 12.3 Å². The molecular formula is C33H54O2. The van der Waals surface area contributed by atoms with Crippen LogP contribution in [0, 0.1) is 45.3 Å². The maximum absolute atomic E-state index is 11.9. The highest BCUT2D eigenvalue weighted by Gasteiger charge is 2.67. The van der Waals surface area contributed by atoms with Crippen molar-refractivity contribution in [3.8, 4) is 0 Å². The summed E-state index contributed by atoms with van der Waals surface area (Å²) in [6, 6.07) is 0. The summed E-state index contributed by atoms with van der Waals surface area (Å²) in [5, 5.41) is 0. The Morgan fingerprint density at radius 1 is 0.943 bits per heavy atom. The highest BCUT2D eigenvalue weighted by Crippen LogP contribution is 2.74. The second-order valence-corrected chi connectivity index (χ2v) is 14.6. The van der Waals surface area contributed by atoms with Crippen molar-refractivity contribution in [2.24, 2.45) is 45.3 Å². The zero-order chi connectivity index (χ0) is 26.0. The lowest BCUT2D eigenvalue weighted by Crippen LogP contribution is -2.63. The number of hydrogen-bond donors (Lipinski definition) is 0. The van der Waals surface area contributed by atoms with Gasteiger partial charge < -0.3 is 4.74 Å². The molecule has 4 rings (SSSR count). The van der Waals surface area contributed by atoms with E-state index >= 15 is 0 Å². The molecule has 0 saturated heterocycles. The monoisotopic (exact) mass is 482 g/mol. The van der Waals surface area contributed by atoms with Crippen molar-refractivity contribution < 1.29 is 9.53 Å². The van der Waals surface area contributed by atoms with Gasteiger partial charge in [-0.25, -0.2) is 0 Å². The van der Waals surface area contributed by atoms with Crippen LogP contribution in [0.25, 0.3) is 0 Å². The molecule has 35 heavy (non-hydrogen) atoms. The number of hydrogen-bond acceptors (Lipinski definition) is 2. The highest BCUT2D eigenvalue weighted by atomic mass is 16.5. The molecule has 7 atom stereocenters. The van der Waals surface area contributed by atoms with E-state index in [0.717, 1.165) is 12.3 Å². The lowest BCUT2D eigenvalue weighted by Gasteiger charge is -2.69. The van der Waals surface area contributed by atoms with Crippen molar-refractivity contribution in [2.75, 3.05) is 0 Å². The first-order chi connectivity index (χ1) is 16.2. The molecule has 3 fully saturated rings. The second-order valence-electron chi connectivity index (χ2n) is 14.6. The van der Waals surface area contributed by atoms with Gasteiger partial charge in [0.2, 0.25) is 0 Å². The Hall–Kier alpha value is -1.05. The molecule has 3 saturated carbocycles. The van der Waals surface area contributed by atoms with Gasteiger partial charge in [0.25, 0.3) is 0 Å². The van der Waals surface area contributed by atoms with Crippen LogP contribution in [-0.4, -0.2) is 12.1 Å². The molecule has 2 nitrogen and oxygen atoms in total. The van der Waals surface area contributed by atoms with Crippen molar-refractivity contribution in [3.63, 3.8) is 0 Å². The fourth-order valence-electron chi connectivity index (χ4n) is 9.93. The van der Waals surface area contributed by atoms with Crippen molar-refractivity contribution in [1.29, 1.82) is 0 Å². The molecule has 0 radical (unpaired) electrons. The summed E-state index contributed by atoms with van der Waals surface area (Å²) in [4.78, 5) is 11.9. The van der Waals surface area contributed by atoms with Gasteiger partial charge in [-0.05, 0) is 105 Å². The zero-order valence-corrected chi connectivity index (χ0v) is 24.6. The summed E-state index contributed by atoms with van der Waals surface area (Å²) in [7, 11) is 0. The van der Waals surface area contributed by atoms with Gasteiger partial charge in [-0.3, -0.25) is 4.79 Å². The van der Waals surface area contributed by atoms with Crippen LogP contribution in [0.2, 0.25) is 0 Å². The van der Waals surface area contributed by atoms with Gasteiger partial charge in [-0.1, -0.05) is 78.2 Å². The number of fused-ring (bicyclic) bond motifs is 5. The smallest absolute Gasteiger partial charge is 0.302 e. The van der Waals surface area contributed by atoms with Gasteiger partial charge in [0.1, 0.15) is 6.10 Å². The van der Waals surface area contributed by atoms with Gasteiger partial charge in [-0.2, -0.15) is 0 Å². The van der Waals surface area contributed by atoms with E-state index in [-0.39, 0.29) is 17.5 Å². The maximum Gasteiger partial charge on any atom is 0.302 e. The average Bonchev–Trinajstić information content (AvgIpc) is 3.12. The molecule has 0 amide bonds. The van der Waals surface area contributed by atoms with E-state index in [1.54, 1.807) is 6.92 Å². The minimum atomic E-state index is -0.113. The molecule has 2 heteroatoms. The molecule has 0 aliphatic heterocycles. The summed E-state index contributed by atoms with van der Waals surface area (Å²) in [6.45, 7) is 23.7. The predicted octanol–water partition coefficient (Wildman–Crippen LogP) is 9.30. The van der Waals surface area contributed by atoms with E-state index in [0.29, 0.717) is 34.0 Å². The number of allylic oxidation sites excluding steroid dienone is 4. The lowest BCUT2D eigenvalue weighted by molar-refractivity contribution is -0.210. The second kappa shape index (κ2) is 9.05. The van der Waals surface area contributed by atoms with Gasteiger partial charge in [0.05, 0.1) is 0 Å². The SMILES string of the molecule is CC(=O)OC1CCC2(C)C3CCC4=C(C(C)C/C=C(\C)C(C)C)CC[C@@]4(C)C3(C)CC[C@H]2C1(C)C. The topological polar surface area (TPSA) is 26.3 Å². The molecule has 0 aromatic carbocycles. The van der Waals surface area contributed by atoms with Crippen LogP contribution in [0.15, 0.2) is 22.8 Å². The Morgan fingerprint density at radius 3 is 2.26 bits per heavy atom. The van der Waals surface area contributed by atoms with Crippen molar-refractivity contribution in [2.45, 2.75) is 133 Å². The summed E-state index contributed by atoms with van der Waals surface area (Å²) >= 11 is 0.